The number of anilines is 2. The van der Waals surface area contributed by atoms with Gasteiger partial charge in [-0.1, -0.05) is 12.1 Å². The molecule has 2 aromatic carbocycles. The fraction of sp³-hybridized carbons (Fsp3) is 0.143. The molecule has 2 rings (SSSR count). The van der Waals surface area contributed by atoms with Crippen LogP contribution in [0.4, 0.5) is 11.4 Å². The van der Waals surface area contributed by atoms with Crippen molar-refractivity contribution in [3.8, 4) is 0 Å². The summed E-state index contributed by atoms with van der Waals surface area (Å²) in [5.74, 6) is 0. The van der Waals surface area contributed by atoms with Crippen molar-refractivity contribution < 1.29 is 8.42 Å². The number of hydrogen-bond donors (Lipinski definition) is 2. The van der Waals surface area contributed by atoms with Crippen LogP contribution in [-0.2, 0) is 10.0 Å². The minimum absolute atomic E-state index is 0.201. The second-order valence-corrected chi connectivity index (χ2v) is 6.84. The number of nitrogens with two attached hydrogens (primary N) is 1. The summed E-state index contributed by atoms with van der Waals surface area (Å²) in [5.41, 5.74) is 7.32. The van der Waals surface area contributed by atoms with Crippen LogP contribution in [0.3, 0.4) is 0 Å². The molecule has 0 aliphatic rings. The maximum atomic E-state index is 12.4. The van der Waals surface area contributed by atoms with Gasteiger partial charge in [-0.2, -0.15) is 0 Å². The lowest BCUT2D eigenvalue weighted by molar-refractivity contribution is 0.600. The number of thioether (sulfide) groups is 1. The molecule has 0 amide bonds. The van der Waals surface area contributed by atoms with Gasteiger partial charge in [0.15, 0.2) is 0 Å². The average Bonchev–Trinajstić information content (AvgIpc) is 2.41. The smallest absolute Gasteiger partial charge is 0.262 e. The van der Waals surface area contributed by atoms with Gasteiger partial charge in [0.05, 0.1) is 4.90 Å². The summed E-state index contributed by atoms with van der Waals surface area (Å²) in [5, 5.41) is 0. The quantitative estimate of drug-likeness (QED) is 0.672. The van der Waals surface area contributed by atoms with Crippen LogP contribution in [0.5, 0.6) is 0 Å². The van der Waals surface area contributed by atoms with E-state index < -0.39 is 10.0 Å². The zero-order chi connectivity index (χ0) is 14.8. The molecule has 20 heavy (non-hydrogen) atoms. The van der Waals surface area contributed by atoms with Gasteiger partial charge in [0.1, 0.15) is 0 Å². The molecule has 6 heteroatoms. The van der Waals surface area contributed by atoms with E-state index in [1.165, 1.54) is 0 Å². The van der Waals surface area contributed by atoms with Gasteiger partial charge in [-0.05, 0) is 49.1 Å². The highest BCUT2D eigenvalue weighted by Gasteiger charge is 2.17. The molecule has 0 aliphatic carbocycles. The van der Waals surface area contributed by atoms with Crippen LogP contribution in [0, 0.1) is 6.92 Å². The molecular weight excluding hydrogens is 292 g/mol. The van der Waals surface area contributed by atoms with Crippen molar-refractivity contribution in [3.63, 3.8) is 0 Å². The Bertz CT molecular complexity index is 728. The molecule has 0 spiro atoms. The standard InChI is InChI=1S/C14H16N2O2S2/c1-10-13(15)7-4-8-14(10)20(17,18)16-11-5-3-6-12(9-11)19-2/h3-9,16H,15H2,1-2H3. The van der Waals surface area contributed by atoms with Crippen molar-refractivity contribution in [1.82, 2.24) is 0 Å². The first-order chi connectivity index (χ1) is 9.44. The molecule has 0 aliphatic heterocycles. The molecule has 0 saturated heterocycles. The first-order valence-corrected chi connectivity index (χ1v) is 8.67. The Kier molecular flexibility index (Phi) is 4.25. The Morgan fingerprint density at radius 3 is 2.55 bits per heavy atom. The third-order valence-electron chi connectivity index (χ3n) is 2.94. The molecule has 3 N–H and O–H groups in total. The maximum absolute atomic E-state index is 12.4. The first kappa shape index (κ1) is 14.7. The zero-order valence-corrected chi connectivity index (χ0v) is 12.9. The highest BCUT2D eigenvalue weighted by molar-refractivity contribution is 7.98. The van der Waals surface area contributed by atoms with Crippen LogP contribution in [0.1, 0.15) is 5.56 Å². The highest BCUT2D eigenvalue weighted by atomic mass is 32.2. The van der Waals surface area contributed by atoms with Gasteiger partial charge < -0.3 is 5.73 Å². The molecule has 0 atom stereocenters. The second kappa shape index (κ2) is 5.76. The van der Waals surface area contributed by atoms with Crippen LogP contribution < -0.4 is 10.5 Å². The monoisotopic (exact) mass is 308 g/mol. The number of sulfonamides is 1. The predicted molar refractivity (Wildman–Crippen MR) is 84.6 cm³/mol. The lowest BCUT2D eigenvalue weighted by Crippen LogP contribution is -2.14. The molecule has 0 aromatic heterocycles. The summed E-state index contributed by atoms with van der Waals surface area (Å²) in [4.78, 5) is 1.20. The van der Waals surface area contributed by atoms with Crippen molar-refractivity contribution in [3.05, 3.63) is 48.0 Å². The van der Waals surface area contributed by atoms with E-state index >= 15 is 0 Å². The number of nitrogens with one attached hydrogen (secondary N) is 1. The van der Waals surface area contributed by atoms with E-state index in [0.717, 1.165) is 4.90 Å². The molecule has 0 saturated carbocycles. The summed E-state index contributed by atoms with van der Waals surface area (Å²) < 4.78 is 27.4. The summed E-state index contributed by atoms with van der Waals surface area (Å²) in [6.07, 6.45) is 1.94. The Balaban J connectivity index is 2.38. The van der Waals surface area contributed by atoms with Crippen molar-refractivity contribution in [2.45, 2.75) is 16.7 Å². The summed E-state index contributed by atoms with van der Waals surface area (Å²) in [6.45, 7) is 1.70. The van der Waals surface area contributed by atoms with Crippen LogP contribution in [0.25, 0.3) is 0 Å². The Morgan fingerprint density at radius 2 is 1.85 bits per heavy atom. The molecule has 4 nitrogen and oxygen atoms in total. The lowest BCUT2D eigenvalue weighted by atomic mass is 10.2. The molecule has 106 valence electrons. The van der Waals surface area contributed by atoms with Gasteiger partial charge in [-0.25, -0.2) is 8.42 Å². The molecule has 2 aromatic rings. The molecule has 0 fully saturated rings. The Morgan fingerprint density at radius 1 is 1.15 bits per heavy atom. The van der Waals surface area contributed by atoms with E-state index in [9.17, 15) is 8.42 Å². The van der Waals surface area contributed by atoms with Crippen molar-refractivity contribution >= 4 is 33.2 Å². The summed E-state index contributed by atoms with van der Waals surface area (Å²) in [7, 11) is -3.63. The normalized spacial score (nSPS) is 11.3. The van der Waals surface area contributed by atoms with E-state index in [0.29, 0.717) is 16.9 Å². The molecule has 0 unspecified atom stereocenters. The zero-order valence-electron chi connectivity index (χ0n) is 11.3. The number of hydrogen-bond acceptors (Lipinski definition) is 4. The van der Waals surface area contributed by atoms with Crippen molar-refractivity contribution in [1.29, 1.82) is 0 Å². The topological polar surface area (TPSA) is 72.2 Å². The van der Waals surface area contributed by atoms with E-state index in [-0.39, 0.29) is 4.90 Å². The van der Waals surface area contributed by atoms with Crippen molar-refractivity contribution in [2.24, 2.45) is 0 Å². The third-order valence-corrected chi connectivity index (χ3v) is 5.19. The van der Waals surface area contributed by atoms with Crippen molar-refractivity contribution in [2.75, 3.05) is 16.7 Å². The second-order valence-electron chi connectivity index (χ2n) is 4.31. The first-order valence-electron chi connectivity index (χ1n) is 5.96. The SMILES string of the molecule is CSc1cccc(NS(=O)(=O)c2cccc(N)c2C)c1. The summed E-state index contributed by atoms with van der Waals surface area (Å²) in [6, 6.07) is 12.1. The van der Waals surface area contributed by atoms with E-state index in [1.807, 2.05) is 18.4 Å². The Labute approximate surface area is 123 Å². The number of rotatable bonds is 4. The number of nitrogen functional groups attached to an aromatic ring is 1. The van der Waals surface area contributed by atoms with Gasteiger partial charge in [-0.3, -0.25) is 4.72 Å². The fourth-order valence-corrected chi connectivity index (χ4v) is 3.60. The molecule has 0 heterocycles. The number of benzene rings is 2. The van der Waals surface area contributed by atoms with Crippen LogP contribution in [0.2, 0.25) is 0 Å². The summed E-state index contributed by atoms with van der Waals surface area (Å²) >= 11 is 1.56. The van der Waals surface area contributed by atoms with E-state index in [1.54, 1.807) is 49.0 Å². The third kappa shape index (κ3) is 3.08. The van der Waals surface area contributed by atoms with Gasteiger partial charge in [0.25, 0.3) is 10.0 Å². The fourth-order valence-electron chi connectivity index (χ4n) is 1.82. The van der Waals surface area contributed by atoms with Crippen LogP contribution >= 0.6 is 11.8 Å². The molecule has 0 radical (unpaired) electrons. The predicted octanol–water partition coefficient (Wildman–Crippen LogP) is 3.10. The highest BCUT2D eigenvalue weighted by Crippen LogP contribution is 2.25. The van der Waals surface area contributed by atoms with Gasteiger partial charge >= 0.3 is 0 Å². The average molecular weight is 308 g/mol. The molecule has 0 bridgehead atoms. The van der Waals surface area contributed by atoms with Gasteiger partial charge in [0.2, 0.25) is 0 Å². The van der Waals surface area contributed by atoms with Crippen LogP contribution in [0.15, 0.2) is 52.3 Å². The van der Waals surface area contributed by atoms with Gasteiger partial charge in [0, 0.05) is 16.3 Å². The minimum atomic E-state index is -3.63. The van der Waals surface area contributed by atoms with E-state index in [4.69, 9.17) is 5.73 Å². The minimum Gasteiger partial charge on any atom is -0.398 e. The molecular formula is C14H16N2O2S2. The van der Waals surface area contributed by atoms with E-state index in [2.05, 4.69) is 4.72 Å². The lowest BCUT2D eigenvalue weighted by Gasteiger charge is -2.12. The largest absolute Gasteiger partial charge is 0.398 e. The van der Waals surface area contributed by atoms with Gasteiger partial charge in [-0.15, -0.1) is 11.8 Å². The Hall–Kier alpha value is -1.66. The maximum Gasteiger partial charge on any atom is 0.262 e. The van der Waals surface area contributed by atoms with Crippen LogP contribution in [-0.4, -0.2) is 14.7 Å².